The molecule has 0 aromatic heterocycles. The van der Waals surface area contributed by atoms with Crippen molar-refractivity contribution in [1.82, 2.24) is 0 Å². The van der Waals surface area contributed by atoms with Gasteiger partial charge in [-0.15, -0.1) is 0 Å². The second-order valence-electron chi connectivity index (χ2n) is 3.89. The van der Waals surface area contributed by atoms with Crippen LogP contribution >= 0.6 is 0 Å². The molecule has 2 aromatic rings. The third-order valence-corrected chi connectivity index (χ3v) is 2.81. The van der Waals surface area contributed by atoms with Gasteiger partial charge in [-0.25, -0.2) is 0 Å². The molecular weight excluding hydrogens is 214 g/mol. The molecule has 0 fully saturated rings. The van der Waals surface area contributed by atoms with Crippen molar-refractivity contribution in [2.75, 3.05) is 13.7 Å². The van der Waals surface area contributed by atoms with Crippen LogP contribution in [0.3, 0.4) is 0 Å². The molecule has 2 aromatic carbocycles. The highest BCUT2D eigenvalue weighted by molar-refractivity contribution is 5.89. The van der Waals surface area contributed by atoms with E-state index in [9.17, 15) is 4.79 Å². The quantitative estimate of drug-likeness (QED) is 0.873. The molecule has 1 atom stereocenters. The van der Waals surface area contributed by atoms with Crippen molar-refractivity contribution in [2.45, 2.75) is 6.10 Å². The van der Waals surface area contributed by atoms with Gasteiger partial charge in [-0.3, -0.25) is 4.79 Å². The van der Waals surface area contributed by atoms with Crippen molar-refractivity contribution in [3.63, 3.8) is 0 Å². The molecule has 17 heavy (non-hydrogen) atoms. The van der Waals surface area contributed by atoms with Crippen LogP contribution in [0.4, 0.5) is 0 Å². The van der Waals surface area contributed by atoms with Crippen molar-refractivity contribution < 1.29 is 9.53 Å². The Morgan fingerprint density at radius 2 is 1.94 bits per heavy atom. The molecule has 0 saturated heterocycles. The molecule has 0 spiro atoms. The average Bonchev–Trinajstić information content (AvgIpc) is 2.39. The Morgan fingerprint density at radius 3 is 2.59 bits per heavy atom. The van der Waals surface area contributed by atoms with Gasteiger partial charge in [-0.1, -0.05) is 36.4 Å². The van der Waals surface area contributed by atoms with Crippen LogP contribution in [0.25, 0.3) is 10.8 Å². The number of fused-ring (bicyclic) bond motifs is 1. The Kier molecular flexibility index (Phi) is 3.52. The summed E-state index contributed by atoms with van der Waals surface area (Å²) in [5.74, 6) is -0.109. The van der Waals surface area contributed by atoms with Gasteiger partial charge in [0.1, 0.15) is 6.10 Å². The summed E-state index contributed by atoms with van der Waals surface area (Å²) in [5.41, 5.74) is 6.22. The van der Waals surface area contributed by atoms with Crippen LogP contribution in [0.2, 0.25) is 0 Å². The number of rotatable bonds is 4. The van der Waals surface area contributed by atoms with Crippen LogP contribution in [0, 0.1) is 0 Å². The van der Waals surface area contributed by atoms with Crippen LogP contribution < -0.4 is 5.73 Å². The Bertz CT molecular complexity index is 536. The second-order valence-corrected chi connectivity index (χ2v) is 3.89. The van der Waals surface area contributed by atoms with Crippen molar-refractivity contribution >= 4 is 16.6 Å². The molecule has 0 bridgehead atoms. The normalized spacial score (nSPS) is 12.6. The molecule has 0 aliphatic heterocycles. The lowest BCUT2D eigenvalue weighted by Gasteiger charge is -2.14. The first-order valence-electron chi connectivity index (χ1n) is 5.50. The Morgan fingerprint density at radius 1 is 1.24 bits per heavy atom. The number of ether oxygens (including phenoxy) is 1. The molecule has 88 valence electrons. The molecule has 3 nitrogen and oxygen atoms in total. The summed E-state index contributed by atoms with van der Waals surface area (Å²) in [5, 5.41) is 2.24. The number of hydrogen-bond donors (Lipinski definition) is 1. The van der Waals surface area contributed by atoms with Crippen LogP contribution in [-0.2, 0) is 9.53 Å². The number of carbonyl (C=O) groups excluding carboxylic acids is 1. The number of benzene rings is 2. The zero-order chi connectivity index (χ0) is 12.3. The molecular formula is C14H15NO2. The topological polar surface area (TPSA) is 52.3 Å². The summed E-state index contributed by atoms with van der Waals surface area (Å²) in [4.78, 5) is 11.6. The van der Waals surface area contributed by atoms with Gasteiger partial charge in [-0.2, -0.15) is 0 Å². The largest absolute Gasteiger partial charge is 0.369 e. The number of methoxy groups -OCH3 is 1. The predicted molar refractivity (Wildman–Crippen MR) is 67.8 cm³/mol. The highest BCUT2D eigenvalue weighted by Crippen LogP contribution is 2.22. The van der Waals surface area contributed by atoms with Crippen LogP contribution in [0.1, 0.15) is 11.7 Å². The number of ketones is 1. The lowest BCUT2D eigenvalue weighted by molar-refractivity contribution is -0.127. The van der Waals surface area contributed by atoms with E-state index in [-0.39, 0.29) is 12.3 Å². The average molecular weight is 229 g/mol. The highest BCUT2D eigenvalue weighted by Gasteiger charge is 2.18. The van der Waals surface area contributed by atoms with Gasteiger partial charge >= 0.3 is 0 Å². The molecule has 1 unspecified atom stereocenters. The minimum Gasteiger partial charge on any atom is -0.369 e. The fourth-order valence-electron chi connectivity index (χ4n) is 1.93. The SMILES string of the molecule is COC(C(=O)CN)c1ccc2ccccc2c1. The zero-order valence-corrected chi connectivity index (χ0v) is 9.72. The Balaban J connectivity index is 2.44. The third-order valence-electron chi connectivity index (χ3n) is 2.81. The maximum absolute atomic E-state index is 11.6. The number of nitrogens with two attached hydrogens (primary N) is 1. The lowest BCUT2D eigenvalue weighted by Crippen LogP contribution is -2.22. The van der Waals surface area contributed by atoms with Crippen molar-refractivity contribution in [2.24, 2.45) is 5.73 Å². The third kappa shape index (κ3) is 2.35. The molecule has 3 heteroatoms. The summed E-state index contributed by atoms with van der Waals surface area (Å²) in [6.07, 6.45) is -0.565. The van der Waals surface area contributed by atoms with E-state index in [0.29, 0.717) is 0 Å². The van der Waals surface area contributed by atoms with E-state index < -0.39 is 6.10 Å². The first kappa shape index (κ1) is 11.8. The molecule has 0 heterocycles. The molecule has 0 radical (unpaired) electrons. The highest BCUT2D eigenvalue weighted by atomic mass is 16.5. The lowest BCUT2D eigenvalue weighted by atomic mass is 10.0. The monoisotopic (exact) mass is 229 g/mol. The van der Waals surface area contributed by atoms with E-state index in [0.717, 1.165) is 16.3 Å². The fourth-order valence-corrected chi connectivity index (χ4v) is 1.93. The van der Waals surface area contributed by atoms with Crippen LogP contribution in [0.15, 0.2) is 42.5 Å². The van der Waals surface area contributed by atoms with E-state index in [4.69, 9.17) is 10.5 Å². The van der Waals surface area contributed by atoms with Crippen LogP contribution in [-0.4, -0.2) is 19.4 Å². The Hall–Kier alpha value is -1.71. The van der Waals surface area contributed by atoms with Gasteiger partial charge in [-0.05, 0) is 22.4 Å². The summed E-state index contributed by atoms with van der Waals surface area (Å²) in [6, 6.07) is 13.9. The minimum absolute atomic E-state index is 0.00860. The Labute approximate surface area is 100 Å². The number of Topliss-reactive ketones (excluding diaryl/α,β-unsaturated/α-hetero) is 1. The second kappa shape index (κ2) is 5.08. The van der Waals surface area contributed by atoms with E-state index in [1.54, 1.807) is 0 Å². The summed E-state index contributed by atoms with van der Waals surface area (Å²) in [7, 11) is 1.52. The van der Waals surface area contributed by atoms with Gasteiger partial charge < -0.3 is 10.5 Å². The molecule has 0 amide bonds. The molecule has 0 saturated carbocycles. The number of carbonyl (C=O) groups is 1. The molecule has 0 aliphatic carbocycles. The molecule has 2 rings (SSSR count). The maximum Gasteiger partial charge on any atom is 0.179 e. The smallest absolute Gasteiger partial charge is 0.179 e. The van der Waals surface area contributed by atoms with Crippen LogP contribution in [0.5, 0.6) is 0 Å². The van der Waals surface area contributed by atoms with Gasteiger partial charge in [0.2, 0.25) is 0 Å². The van der Waals surface area contributed by atoms with Gasteiger partial charge in [0, 0.05) is 7.11 Å². The van der Waals surface area contributed by atoms with E-state index in [1.165, 1.54) is 7.11 Å². The summed E-state index contributed by atoms with van der Waals surface area (Å²) >= 11 is 0. The van der Waals surface area contributed by atoms with Gasteiger partial charge in [0.05, 0.1) is 6.54 Å². The fraction of sp³-hybridized carbons (Fsp3) is 0.214. The van der Waals surface area contributed by atoms with E-state index in [1.807, 2.05) is 42.5 Å². The van der Waals surface area contributed by atoms with Crippen molar-refractivity contribution in [3.8, 4) is 0 Å². The van der Waals surface area contributed by atoms with Gasteiger partial charge in [0.15, 0.2) is 5.78 Å². The number of hydrogen-bond acceptors (Lipinski definition) is 3. The standard InChI is InChI=1S/C14H15NO2/c1-17-14(13(16)9-15)12-7-6-10-4-2-3-5-11(10)8-12/h2-8,14H,9,15H2,1H3. The predicted octanol–water partition coefficient (Wildman–Crippen LogP) is 2.06. The summed E-state index contributed by atoms with van der Waals surface area (Å²) in [6.45, 7) is -0.00860. The maximum atomic E-state index is 11.6. The zero-order valence-electron chi connectivity index (χ0n) is 9.72. The van der Waals surface area contributed by atoms with Gasteiger partial charge in [0.25, 0.3) is 0 Å². The first-order valence-corrected chi connectivity index (χ1v) is 5.50. The first-order chi connectivity index (χ1) is 8.26. The van der Waals surface area contributed by atoms with Crippen molar-refractivity contribution in [3.05, 3.63) is 48.0 Å². The molecule has 0 aliphatic rings. The molecule has 2 N–H and O–H groups in total. The van der Waals surface area contributed by atoms with Crippen molar-refractivity contribution in [1.29, 1.82) is 0 Å². The van der Waals surface area contributed by atoms with E-state index in [2.05, 4.69) is 0 Å². The minimum atomic E-state index is -0.565. The summed E-state index contributed by atoms with van der Waals surface area (Å²) < 4.78 is 5.21. The van der Waals surface area contributed by atoms with E-state index >= 15 is 0 Å².